The lowest BCUT2D eigenvalue weighted by molar-refractivity contribution is 0.297. The number of nitrogens with two attached hydrogens (primary N) is 3. The first-order chi connectivity index (χ1) is 8.88. The highest BCUT2D eigenvalue weighted by molar-refractivity contribution is 5.92. The number of guanidine groups is 2. The van der Waals surface area contributed by atoms with Crippen LogP contribution in [-0.2, 0) is 0 Å². The maximum absolute atomic E-state index is 5.64. The second kappa shape index (κ2) is 6.63. The molecule has 1 unspecified atom stereocenters. The molecule has 19 heavy (non-hydrogen) atoms. The predicted octanol–water partition coefficient (Wildman–Crippen LogP) is 0.659. The molecule has 0 saturated heterocycles. The zero-order chi connectivity index (χ0) is 14.4. The monoisotopic (exact) mass is 263 g/mol. The van der Waals surface area contributed by atoms with Crippen LogP contribution in [0.3, 0.4) is 0 Å². The number of hydrogen-bond donors (Lipinski definition) is 3. The number of aryl methyl sites for hydroxylation is 2. The van der Waals surface area contributed by atoms with E-state index in [4.69, 9.17) is 21.9 Å². The number of ether oxygens (including phenoxy) is 1. The van der Waals surface area contributed by atoms with Gasteiger partial charge < -0.3 is 21.9 Å². The van der Waals surface area contributed by atoms with Crippen molar-refractivity contribution in [2.24, 2.45) is 27.2 Å². The predicted molar refractivity (Wildman–Crippen MR) is 78.3 cm³/mol. The van der Waals surface area contributed by atoms with Crippen LogP contribution in [0.4, 0.5) is 0 Å². The fourth-order valence-corrected chi connectivity index (χ4v) is 1.44. The maximum atomic E-state index is 5.64. The summed E-state index contributed by atoms with van der Waals surface area (Å²) in [5.74, 6) is 0.755. The second-order valence-electron chi connectivity index (χ2n) is 4.43. The molecular weight excluding hydrogens is 242 g/mol. The van der Waals surface area contributed by atoms with E-state index >= 15 is 0 Å². The number of rotatable bonds is 4. The zero-order valence-corrected chi connectivity index (χ0v) is 11.6. The summed E-state index contributed by atoms with van der Waals surface area (Å²) in [4.78, 5) is 7.74. The van der Waals surface area contributed by atoms with Crippen LogP contribution in [0.5, 0.6) is 5.75 Å². The Morgan fingerprint density at radius 2 is 1.89 bits per heavy atom. The van der Waals surface area contributed by atoms with E-state index in [0.717, 1.165) is 5.75 Å². The molecule has 1 rings (SSSR count). The summed E-state index contributed by atoms with van der Waals surface area (Å²) in [6, 6.07) is 5.81. The highest BCUT2D eigenvalue weighted by Crippen LogP contribution is 2.16. The number of benzene rings is 1. The van der Waals surface area contributed by atoms with E-state index in [1.54, 1.807) is 0 Å². The fraction of sp³-hybridized carbons (Fsp3) is 0.385. The topological polar surface area (TPSA) is 112 Å². The van der Waals surface area contributed by atoms with Crippen molar-refractivity contribution in [3.8, 4) is 5.75 Å². The molecule has 0 aliphatic heterocycles. The average molecular weight is 263 g/mol. The molecule has 1 atom stereocenters. The maximum Gasteiger partial charge on any atom is 0.218 e. The van der Waals surface area contributed by atoms with Gasteiger partial charge in [-0.15, -0.1) is 0 Å². The van der Waals surface area contributed by atoms with Gasteiger partial charge in [-0.2, -0.15) is 4.99 Å². The van der Waals surface area contributed by atoms with Crippen molar-refractivity contribution >= 4 is 11.9 Å². The van der Waals surface area contributed by atoms with Gasteiger partial charge in [-0.3, -0.25) is 0 Å². The Morgan fingerprint density at radius 1 is 1.21 bits per heavy atom. The van der Waals surface area contributed by atoms with Gasteiger partial charge in [-0.25, -0.2) is 4.99 Å². The van der Waals surface area contributed by atoms with E-state index in [-0.39, 0.29) is 18.0 Å². The minimum Gasteiger partial charge on any atom is -0.491 e. The van der Waals surface area contributed by atoms with Crippen LogP contribution in [-0.4, -0.2) is 24.6 Å². The van der Waals surface area contributed by atoms with E-state index in [1.165, 1.54) is 11.1 Å². The molecule has 0 fully saturated rings. The van der Waals surface area contributed by atoms with E-state index in [2.05, 4.69) is 16.9 Å². The second-order valence-corrected chi connectivity index (χ2v) is 4.43. The number of aliphatic imine (C=N–C) groups is 2. The Morgan fingerprint density at radius 3 is 2.47 bits per heavy atom. The Bertz CT molecular complexity index is 492. The van der Waals surface area contributed by atoms with Crippen molar-refractivity contribution < 1.29 is 4.74 Å². The molecule has 0 heterocycles. The molecule has 0 aromatic heterocycles. The van der Waals surface area contributed by atoms with Crippen LogP contribution in [0, 0.1) is 13.8 Å². The van der Waals surface area contributed by atoms with Crippen LogP contribution in [0.1, 0.15) is 18.1 Å². The normalized spacial score (nSPS) is 12.9. The van der Waals surface area contributed by atoms with Crippen LogP contribution in [0.15, 0.2) is 28.2 Å². The third kappa shape index (κ3) is 5.29. The highest BCUT2D eigenvalue weighted by Gasteiger charge is 2.03. The molecule has 0 aliphatic rings. The van der Waals surface area contributed by atoms with Gasteiger partial charge >= 0.3 is 0 Å². The third-order valence-corrected chi connectivity index (χ3v) is 2.57. The molecule has 0 saturated carbocycles. The first kappa shape index (κ1) is 14.8. The lowest BCUT2D eigenvalue weighted by atomic mass is 10.1. The van der Waals surface area contributed by atoms with E-state index in [1.807, 2.05) is 32.0 Å². The lowest BCUT2D eigenvalue weighted by Crippen LogP contribution is -2.27. The van der Waals surface area contributed by atoms with E-state index < -0.39 is 0 Å². The Balaban J connectivity index is 2.56. The summed E-state index contributed by atoms with van der Waals surface area (Å²) in [6.45, 7) is 6.38. The van der Waals surface area contributed by atoms with Gasteiger partial charge in [0, 0.05) is 0 Å². The zero-order valence-electron chi connectivity index (χ0n) is 11.6. The third-order valence-electron chi connectivity index (χ3n) is 2.57. The molecule has 0 aliphatic carbocycles. The first-order valence-corrected chi connectivity index (χ1v) is 6.01. The van der Waals surface area contributed by atoms with Crippen molar-refractivity contribution in [3.63, 3.8) is 0 Å². The minimum absolute atomic E-state index is 0.0520. The van der Waals surface area contributed by atoms with Gasteiger partial charge in [0.1, 0.15) is 12.4 Å². The largest absolute Gasteiger partial charge is 0.491 e. The van der Waals surface area contributed by atoms with Gasteiger partial charge in [0.05, 0.1) is 6.04 Å². The Hall–Kier alpha value is -2.24. The molecule has 6 heteroatoms. The quantitative estimate of drug-likeness (QED) is 0.547. The van der Waals surface area contributed by atoms with Crippen LogP contribution >= 0.6 is 0 Å². The summed E-state index contributed by atoms with van der Waals surface area (Å²) in [7, 11) is 0. The van der Waals surface area contributed by atoms with Crippen LogP contribution in [0.2, 0.25) is 0 Å². The molecule has 0 amide bonds. The summed E-state index contributed by atoms with van der Waals surface area (Å²) in [5, 5.41) is 0. The lowest BCUT2D eigenvalue weighted by Gasteiger charge is -2.11. The molecule has 1 aromatic carbocycles. The van der Waals surface area contributed by atoms with Crippen molar-refractivity contribution in [3.05, 3.63) is 29.3 Å². The summed E-state index contributed by atoms with van der Waals surface area (Å²) >= 11 is 0. The molecule has 0 bridgehead atoms. The smallest absolute Gasteiger partial charge is 0.218 e. The molecule has 0 radical (unpaired) electrons. The van der Waals surface area contributed by atoms with Crippen molar-refractivity contribution in [2.75, 3.05) is 6.61 Å². The number of nitrogens with zero attached hydrogens (tertiary/aromatic N) is 2. The summed E-state index contributed by atoms with van der Waals surface area (Å²) in [6.07, 6.45) is 0. The minimum atomic E-state index is -0.135. The molecular formula is C13H21N5O. The van der Waals surface area contributed by atoms with E-state index in [9.17, 15) is 0 Å². The van der Waals surface area contributed by atoms with Gasteiger partial charge in [0.15, 0.2) is 5.96 Å². The molecule has 104 valence electrons. The van der Waals surface area contributed by atoms with Gasteiger partial charge in [-0.1, -0.05) is 6.07 Å². The summed E-state index contributed by atoms with van der Waals surface area (Å²) < 4.78 is 5.64. The highest BCUT2D eigenvalue weighted by atomic mass is 16.5. The average Bonchev–Trinajstić information content (AvgIpc) is 2.29. The summed E-state index contributed by atoms with van der Waals surface area (Å²) in [5.41, 5.74) is 18.4. The van der Waals surface area contributed by atoms with Gasteiger partial charge in [-0.05, 0) is 44.0 Å². The fourth-order valence-electron chi connectivity index (χ4n) is 1.44. The molecule has 1 aromatic rings. The van der Waals surface area contributed by atoms with Gasteiger partial charge in [0.2, 0.25) is 5.96 Å². The molecule has 6 N–H and O–H groups in total. The Labute approximate surface area is 113 Å². The molecule has 0 spiro atoms. The Kier molecular flexibility index (Phi) is 5.17. The standard InChI is InChI=1S/C13H21N5O/c1-8-4-5-11(6-9(8)2)19-7-10(3)17-13(16)18-12(14)15/h4-6,10H,7H2,1-3H3,(H6,14,15,16,17,18). The van der Waals surface area contributed by atoms with Crippen LogP contribution < -0.4 is 21.9 Å². The van der Waals surface area contributed by atoms with Crippen molar-refractivity contribution in [1.82, 2.24) is 0 Å². The first-order valence-electron chi connectivity index (χ1n) is 6.01. The van der Waals surface area contributed by atoms with Gasteiger partial charge in [0.25, 0.3) is 0 Å². The number of hydrogen-bond acceptors (Lipinski definition) is 2. The van der Waals surface area contributed by atoms with Crippen molar-refractivity contribution in [1.29, 1.82) is 0 Å². The molecule has 6 nitrogen and oxygen atoms in total. The SMILES string of the molecule is Cc1ccc(OCC(C)N=C(N)N=C(N)N)cc1C. The van der Waals surface area contributed by atoms with Crippen molar-refractivity contribution in [2.45, 2.75) is 26.8 Å². The van der Waals surface area contributed by atoms with E-state index in [0.29, 0.717) is 6.61 Å². The van der Waals surface area contributed by atoms with Crippen LogP contribution in [0.25, 0.3) is 0 Å².